The maximum Gasteiger partial charge on any atom is 0.283 e. The third kappa shape index (κ3) is 3.72. The zero-order chi connectivity index (χ0) is 21.8. The summed E-state index contributed by atoms with van der Waals surface area (Å²) in [4.78, 5) is 11.7. The number of hydrogen-bond acceptors (Lipinski definition) is 5. The minimum absolute atomic E-state index is 0.0255. The molecule has 1 N–H and O–H groups in total. The molecular formula is C23H24N2O4S2. The molecule has 162 valence electrons. The van der Waals surface area contributed by atoms with Crippen LogP contribution in [0.15, 0.2) is 54.7 Å². The lowest BCUT2D eigenvalue weighted by atomic mass is 9.95. The van der Waals surface area contributed by atoms with Crippen molar-refractivity contribution in [1.82, 2.24) is 5.32 Å². The highest BCUT2D eigenvalue weighted by atomic mass is 32.2. The normalized spacial score (nSPS) is 25.2. The fourth-order valence-electron chi connectivity index (χ4n) is 4.89. The first-order valence-electron chi connectivity index (χ1n) is 10.3. The minimum Gasteiger partial charge on any atom is -0.486 e. The maximum absolute atomic E-state index is 12.2. The SMILES string of the molecule is C=C1NC(=O)SC1[C@@H]1CCc2cc(OC3CCN(S(C)(=O)=O)c4ccccc43)ccc21. The summed E-state index contributed by atoms with van der Waals surface area (Å²) in [5.74, 6) is 1.07. The Balaban J connectivity index is 1.38. The van der Waals surface area contributed by atoms with Crippen molar-refractivity contribution in [3.63, 3.8) is 0 Å². The van der Waals surface area contributed by atoms with E-state index in [9.17, 15) is 13.2 Å². The number of nitrogens with one attached hydrogen (secondary N) is 1. The van der Waals surface area contributed by atoms with Gasteiger partial charge in [0.1, 0.15) is 11.9 Å². The van der Waals surface area contributed by atoms with Crippen LogP contribution < -0.4 is 14.4 Å². The van der Waals surface area contributed by atoms with Crippen molar-refractivity contribution >= 4 is 32.7 Å². The van der Waals surface area contributed by atoms with E-state index in [1.165, 1.54) is 33.4 Å². The number of carbonyl (C=O) groups is 1. The predicted molar refractivity (Wildman–Crippen MR) is 123 cm³/mol. The molecule has 2 unspecified atom stereocenters. The summed E-state index contributed by atoms with van der Waals surface area (Å²) < 4.78 is 32.2. The van der Waals surface area contributed by atoms with Crippen molar-refractivity contribution in [3.8, 4) is 5.75 Å². The molecule has 0 aromatic heterocycles. The molecule has 1 saturated heterocycles. The van der Waals surface area contributed by atoms with E-state index in [0.29, 0.717) is 18.7 Å². The van der Waals surface area contributed by atoms with Crippen LogP contribution in [0.1, 0.15) is 41.6 Å². The Bertz CT molecular complexity index is 1180. The van der Waals surface area contributed by atoms with Gasteiger partial charge in [-0.3, -0.25) is 9.10 Å². The first kappa shape index (κ1) is 20.5. The van der Waals surface area contributed by atoms with Crippen molar-refractivity contribution in [2.24, 2.45) is 0 Å². The molecule has 6 nitrogen and oxygen atoms in total. The number of thioether (sulfide) groups is 1. The lowest BCUT2D eigenvalue weighted by Crippen LogP contribution is -2.36. The van der Waals surface area contributed by atoms with Crippen LogP contribution in [0.4, 0.5) is 10.5 Å². The molecule has 2 aromatic carbocycles. The zero-order valence-corrected chi connectivity index (χ0v) is 18.8. The van der Waals surface area contributed by atoms with Crippen LogP contribution in [0, 0.1) is 0 Å². The second-order valence-electron chi connectivity index (χ2n) is 8.27. The number of carbonyl (C=O) groups excluding carboxylic acids is 1. The van der Waals surface area contributed by atoms with Crippen LogP contribution in [-0.2, 0) is 16.4 Å². The molecule has 8 heteroatoms. The predicted octanol–water partition coefficient (Wildman–Crippen LogP) is 4.34. The third-order valence-electron chi connectivity index (χ3n) is 6.27. The number of anilines is 1. The van der Waals surface area contributed by atoms with Gasteiger partial charge in [0.2, 0.25) is 10.0 Å². The third-order valence-corrected chi connectivity index (χ3v) is 8.63. The zero-order valence-electron chi connectivity index (χ0n) is 17.2. The lowest BCUT2D eigenvalue weighted by molar-refractivity contribution is 0.193. The summed E-state index contributed by atoms with van der Waals surface area (Å²) in [5.41, 5.74) is 4.88. The highest BCUT2D eigenvalue weighted by Crippen LogP contribution is 2.46. The van der Waals surface area contributed by atoms with Gasteiger partial charge < -0.3 is 10.1 Å². The smallest absolute Gasteiger partial charge is 0.283 e. The van der Waals surface area contributed by atoms with Crippen molar-refractivity contribution in [2.75, 3.05) is 17.1 Å². The molecule has 1 amide bonds. The molecular weight excluding hydrogens is 432 g/mol. The van der Waals surface area contributed by atoms with Gasteiger partial charge in [-0.2, -0.15) is 0 Å². The highest BCUT2D eigenvalue weighted by Gasteiger charge is 2.38. The van der Waals surface area contributed by atoms with Gasteiger partial charge in [0.05, 0.1) is 17.2 Å². The minimum atomic E-state index is -3.33. The standard InChI is InChI=1S/C23H24N2O4S2/c1-14-22(30-23(26)24-14)18-9-7-15-13-16(8-10-17(15)18)29-21-11-12-25(31(2,27)28)20-6-4-3-5-19(20)21/h3-6,8,10,13,18,21-22H,1,7,9,11-12H2,2H3,(H,24,26)/t18-,21?,22?/m1/s1. The summed E-state index contributed by atoms with van der Waals surface area (Å²) in [7, 11) is -3.33. The van der Waals surface area contributed by atoms with Crippen LogP contribution in [0.25, 0.3) is 0 Å². The molecule has 1 aliphatic carbocycles. The molecule has 0 radical (unpaired) electrons. The first-order valence-corrected chi connectivity index (χ1v) is 13.1. The van der Waals surface area contributed by atoms with E-state index in [1.54, 1.807) is 0 Å². The van der Waals surface area contributed by atoms with Crippen molar-refractivity contribution in [3.05, 3.63) is 71.4 Å². The van der Waals surface area contributed by atoms with Gasteiger partial charge in [0.25, 0.3) is 5.24 Å². The molecule has 2 aromatic rings. The van der Waals surface area contributed by atoms with E-state index in [1.807, 2.05) is 30.3 Å². The first-order chi connectivity index (χ1) is 14.8. The number of ether oxygens (including phenoxy) is 1. The Morgan fingerprint density at radius 3 is 2.71 bits per heavy atom. The molecule has 0 saturated carbocycles. The van der Waals surface area contributed by atoms with Crippen LogP contribution in [0.3, 0.4) is 0 Å². The second-order valence-corrected chi connectivity index (χ2v) is 11.3. The molecule has 3 atom stereocenters. The summed E-state index contributed by atoms with van der Waals surface area (Å²) in [6.45, 7) is 4.42. The van der Waals surface area contributed by atoms with E-state index in [4.69, 9.17) is 4.74 Å². The van der Waals surface area contributed by atoms with E-state index < -0.39 is 10.0 Å². The number of aryl methyl sites for hydroxylation is 1. The highest BCUT2D eigenvalue weighted by molar-refractivity contribution is 8.14. The quantitative estimate of drug-likeness (QED) is 0.741. The largest absolute Gasteiger partial charge is 0.486 e. The van der Waals surface area contributed by atoms with Crippen molar-refractivity contribution < 1.29 is 17.9 Å². The molecule has 0 bridgehead atoms. The molecule has 0 spiro atoms. The summed E-state index contributed by atoms with van der Waals surface area (Å²) >= 11 is 1.33. The summed E-state index contributed by atoms with van der Waals surface area (Å²) in [5, 5.41) is 2.87. The number of hydrogen-bond donors (Lipinski definition) is 1. The van der Waals surface area contributed by atoms with Gasteiger partial charge >= 0.3 is 0 Å². The molecule has 3 aliphatic rings. The number of nitrogens with zero attached hydrogens (tertiary/aromatic N) is 1. The van der Waals surface area contributed by atoms with E-state index in [2.05, 4.69) is 24.0 Å². The van der Waals surface area contributed by atoms with E-state index in [-0.39, 0.29) is 22.5 Å². The van der Waals surface area contributed by atoms with Crippen LogP contribution in [0.2, 0.25) is 0 Å². The van der Waals surface area contributed by atoms with E-state index >= 15 is 0 Å². The fraction of sp³-hybridized carbons (Fsp3) is 0.348. The van der Waals surface area contributed by atoms with Crippen LogP contribution >= 0.6 is 11.8 Å². The van der Waals surface area contributed by atoms with Gasteiger partial charge in [-0.15, -0.1) is 0 Å². The fourth-order valence-corrected chi connectivity index (χ4v) is 6.92. The summed E-state index contributed by atoms with van der Waals surface area (Å²) in [6.07, 6.45) is 3.56. The van der Waals surface area contributed by atoms with Gasteiger partial charge in [0.15, 0.2) is 0 Å². The van der Waals surface area contributed by atoms with Crippen LogP contribution in [-0.4, -0.2) is 31.7 Å². The van der Waals surface area contributed by atoms with Gasteiger partial charge in [0, 0.05) is 30.1 Å². The topological polar surface area (TPSA) is 75.7 Å². The molecule has 2 aliphatic heterocycles. The Morgan fingerprint density at radius 1 is 1.16 bits per heavy atom. The molecule has 2 heterocycles. The Kier molecular flexibility index (Phi) is 5.01. The molecule has 1 fully saturated rings. The number of para-hydroxylation sites is 1. The summed E-state index contributed by atoms with van der Waals surface area (Å²) in [6, 6.07) is 13.7. The number of rotatable bonds is 4. The average Bonchev–Trinajstić information content (AvgIpc) is 3.29. The van der Waals surface area contributed by atoms with Crippen molar-refractivity contribution in [1.29, 1.82) is 0 Å². The number of benzene rings is 2. The number of sulfonamides is 1. The Hall–Kier alpha value is -2.45. The van der Waals surface area contributed by atoms with Crippen molar-refractivity contribution in [2.45, 2.75) is 36.5 Å². The van der Waals surface area contributed by atoms with Gasteiger partial charge in [-0.1, -0.05) is 42.6 Å². The maximum atomic E-state index is 12.2. The average molecular weight is 457 g/mol. The molecule has 5 rings (SSSR count). The van der Waals surface area contributed by atoms with Gasteiger partial charge in [-0.05, 0) is 42.2 Å². The number of fused-ring (bicyclic) bond motifs is 2. The van der Waals surface area contributed by atoms with E-state index in [0.717, 1.165) is 29.9 Å². The second kappa shape index (κ2) is 7.60. The lowest BCUT2D eigenvalue weighted by Gasteiger charge is -2.34. The van der Waals surface area contributed by atoms with Gasteiger partial charge in [-0.25, -0.2) is 8.42 Å². The Labute approximate surface area is 186 Å². The monoisotopic (exact) mass is 456 g/mol. The molecule has 31 heavy (non-hydrogen) atoms. The number of amides is 1. The van der Waals surface area contributed by atoms with Crippen LogP contribution in [0.5, 0.6) is 5.75 Å². The Morgan fingerprint density at radius 2 is 1.97 bits per heavy atom.